The summed E-state index contributed by atoms with van der Waals surface area (Å²) in [5.41, 5.74) is 2.77. The Bertz CT molecular complexity index is 806. The highest BCUT2D eigenvalue weighted by Crippen LogP contribution is 2.11. The van der Waals surface area contributed by atoms with Crippen LogP contribution in [0.3, 0.4) is 0 Å². The van der Waals surface area contributed by atoms with E-state index in [2.05, 4.69) is 11.4 Å². The van der Waals surface area contributed by atoms with E-state index in [0.29, 0.717) is 24.3 Å². The van der Waals surface area contributed by atoms with E-state index in [0.717, 1.165) is 11.1 Å². The fourth-order valence-electron chi connectivity index (χ4n) is 2.21. The quantitative estimate of drug-likeness (QED) is 0.723. The van der Waals surface area contributed by atoms with Gasteiger partial charge >= 0.3 is 5.97 Å². The van der Waals surface area contributed by atoms with Crippen molar-refractivity contribution in [3.05, 3.63) is 65.2 Å². The molecule has 0 aliphatic heterocycles. The normalized spacial score (nSPS) is 10.3. The second kappa shape index (κ2) is 10.1. The van der Waals surface area contributed by atoms with Crippen molar-refractivity contribution in [2.75, 3.05) is 11.9 Å². The molecule has 0 aromatic heterocycles. The zero-order valence-electron chi connectivity index (χ0n) is 15.4. The van der Waals surface area contributed by atoms with E-state index in [1.807, 2.05) is 13.8 Å². The number of nitriles is 1. The second-order valence-corrected chi connectivity index (χ2v) is 6.21. The minimum Gasteiger partial charge on any atom is -0.452 e. The van der Waals surface area contributed by atoms with Gasteiger partial charge in [0.25, 0.3) is 5.91 Å². The number of nitrogens with one attached hydrogen (secondary N) is 1. The van der Waals surface area contributed by atoms with E-state index in [1.54, 1.807) is 48.5 Å². The number of hydrogen-bond acceptors (Lipinski definition) is 5. The van der Waals surface area contributed by atoms with Gasteiger partial charge in [-0.1, -0.05) is 24.3 Å². The average Bonchev–Trinajstić information content (AvgIpc) is 2.66. The van der Waals surface area contributed by atoms with Gasteiger partial charge in [0.1, 0.15) is 0 Å². The molecule has 1 amide bonds. The van der Waals surface area contributed by atoms with E-state index in [4.69, 9.17) is 14.7 Å². The molecule has 0 aliphatic rings. The van der Waals surface area contributed by atoms with Crippen molar-refractivity contribution in [3.63, 3.8) is 0 Å². The lowest BCUT2D eigenvalue weighted by molar-refractivity contribution is -0.119. The summed E-state index contributed by atoms with van der Waals surface area (Å²) < 4.78 is 10.5. The zero-order valence-corrected chi connectivity index (χ0v) is 15.4. The van der Waals surface area contributed by atoms with Crippen molar-refractivity contribution in [3.8, 4) is 6.07 Å². The number of carbonyl (C=O) groups is 2. The van der Waals surface area contributed by atoms with Crippen molar-refractivity contribution in [2.45, 2.75) is 33.0 Å². The Labute approximate surface area is 158 Å². The van der Waals surface area contributed by atoms with Crippen LogP contribution in [-0.4, -0.2) is 24.6 Å². The fourth-order valence-corrected chi connectivity index (χ4v) is 2.21. The number of amides is 1. The first-order valence-corrected chi connectivity index (χ1v) is 8.61. The molecule has 6 nitrogen and oxygen atoms in total. The van der Waals surface area contributed by atoms with E-state index in [-0.39, 0.29) is 12.7 Å². The Hall–Kier alpha value is -3.17. The standard InChI is InChI=1S/C21H22N2O4/c1-15(2)26-13-17-3-7-18(8-4-17)21(25)27-14-20(24)23-19-9-5-16(6-10-19)11-12-22/h3-10,15H,11,13-14H2,1-2H3,(H,23,24). The van der Waals surface area contributed by atoms with Crippen LogP contribution in [0.1, 0.15) is 35.3 Å². The average molecular weight is 366 g/mol. The summed E-state index contributed by atoms with van der Waals surface area (Å²) >= 11 is 0. The summed E-state index contributed by atoms with van der Waals surface area (Å²) in [5, 5.41) is 11.3. The smallest absolute Gasteiger partial charge is 0.338 e. The predicted octanol–water partition coefficient (Wildman–Crippen LogP) is 3.47. The first-order chi connectivity index (χ1) is 13.0. The Morgan fingerprint density at radius 2 is 1.67 bits per heavy atom. The summed E-state index contributed by atoms with van der Waals surface area (Å²) in [4.78, 5) is 23.9. The van der Waals surface area contributed by atoms with Gasteiger partial charge in [-0.25, -0.2) is 4.79 Å². The molecule has 2 aromatic carbocycles. The molecule has 0 atom stereocenters. The minimum absolute atomic E-state index is 0.135. The van der Waals surface area contributed by atoms with Crippen LogP contribution in [0.5, 0.6) is 0 Å². The molecule has 0 saturated carbocycles. The molecule has 0 radical (unpaired) electrons. The third-order valence-electron chi connectivity index (χ3n) is 3.63. The molecule has 0 unspecified atom stereocenters. The number of nitrogens with zero attached hydrogens (tertiary/aromatic N) is 1. The van der Waals surface area contributed by atoms with E-state index < -0.39 is 11.9 Å². The van der Waals surface area contributed by atoms with Gasteiger partial charge in [-0.05, 0) is 49.2 Å². The highest BCUT2D eigenvalue weighted by atomic mass is 16.5. The number of benzene rings is 2. The van der Waals surface area contributed by atoms with Gasteiger partial charge in [0.2, 0.25) is 0 Å². The second-order valence-electron chi connectivity index (χ2n) is 6.21. The van der Waals surface area contributed by atoms with E-state index in [9.17, 15) is 9.59 Å². The molecule has 0 aliphatic carbocycles. The van der Waals surface area contributed by atoms with Gasteiger partial charge in [-0.3, -0.25) is 4.79 Å². The summed E-state index contributed by atoms with van der Waals surface area (Å²) in [7, 11) is 0. The topological polar surface area (TPSA) is 88.4 Å². The van der Waals surface area contributed by atoms with Gasteiger partial charge in [-0.15, -0.1) is 0 Å². The fraction of sp³-hybridized carbons (Fsp3) is 0.286. The molecule has 0 bridgehead atoms. The lowest BCUT2D eigenvalue weighted by Gasteiger charge is -2.09. The Morgan fingerprint density at radius 3 is 2.26 bits per heavy atom. The molecule has 6 heteroatoms. The Balaban J connectivity index is 1.80. The maximum atomic E-state index is 12.0. The monoisotopic (exact) mass is 366 g/mol. The summed E-state index contributed by atoms with van der Waals surface area (Å²) in [5.74, 6) is -0.996. The largest absolute Gasteiger partial charge is 0.452 e. The van der Waals surface area contributed by atoms with Crippen LogP contribution < -0.4 is 5.32 Å². The van der Waals surface area contributed by atoms with Crippen LogP contribution >= 0.6 is 0 Å². The first-order valence-electron chi connectivity index (χ1n) is 8.61. The molecule has 2 rings (SSSR count). The molecule has 2 aromatic rings. The van der Waals surface area contributed by atoms with Crippen LogP contribution in [0.2, 0.25) is 0 Å². The van der Waals surface area contributed by atoms with E-state index in [1.165, 1.54) is 0 Å². The van der Waals surface area contributed by atoms with Crippen LogP contribution in [0, 0.1) is 11.3 Å². The molecule has 1 N–H and O–H groups in total. The van der Waals surface area contributed by atoms with Gasteiger partial charge in [0.15, 0.2) is 6.61 Å². The molecule has 0 fully saturated rings. The number of rotatable bonds is 8. The van der Waals surface area contributed by atoms with E-state index >= 15 is 0 Å². The van der Waals surface area contributed by atoms with Crippen molar-refractivity contribution in [2.24, 2.45) is 0 Å². The maximum Gasteiger partial charge on any atom is 0.338 e. The van der Waals surface area contributed by atoms with Gasteiger partial charge in [-0.2, -0.15) is 5.26 Å². The number of hydrogen-bond donors (Lipinski definition) is 1. The Kier molecular flexibility index (Phi) is 7.53. The number of anilines is 1. The lowest BCUT2D eigenvalue weighted by Crippen LogP contribution is -2.20. The van der Waals surface area contributed by atoms with Crippen LogP contribution in [0.15, 0.2) is 48.5 Å². The van der Waals surface area contributed by atoms with Crippen molar-refractivity contribution in [1.29, 1.82) is 5.26 Å². The molecule has 27 heavy (non-hydrogen) atoms. The SMILES string of the molecule is CC(C)OCc1ccc(C(=O)OCC(=O)Nc2ccc(CC#N)cc2)cc1. The van der Waals surface area contributed by atoms with Crippen LogP contribution in [0.4, 0.5) is 5.69 Å². The summed E-state index contributed by atoms with van der Waals surface area (Å²) in [6, 6.07) is 15.9. The molecule has 0 saturated heterocycles. The zero-order chi connectivity index (χ0) is 19.6. The molecule has 0 heterocycles. The van der Waals surface area contributed by atoms with Crippen molar-refractivity contribution < 1.29 is 19.1 Å². The van der Waals surface area contributed by atoms with Gasteiger partial charge < -0.3 is 14.8 Å². The molecular weight excluding hydrogens is 344 g/mol. The lowest BCUT2D eigenvalue weighted by atomic mass is 10.1. The number of carbonyl (C=O) groups excluding carboxylic acids is 2. The summed E-state index contributed by atoms with van der Waals surface area (Å²) in [6.07, 6.45) is 0.449. The third-order valence-corrected chi connectivity index (χ3v) is 3.63. The molecule has 140 valence electrons. The van der Waals surface area contributed by atoms with Crippen LogP contribution in [-0.2, 0) is 27.3 Å². The summed E-state index contributed by atoms with van der Waals surface area (Å²) in [6.45, 7) is 4.01. The highest BCUT2D eigenvalue weighted by Gasteiger charge is 2.10. The molecular formula is C21H22N2O4. The first kappa shape index (κ1) is 20.1. The third kappa shape index (κ3) is 6.92. The predicted molar refractivity (Wildman–Crippen MR) is 101 cm³/mol. The van der Waals surface area contributed by atoms with Crippen LogP contribution in [0.25, 0.3) is 0 Å². The number of ether oxygens (including phenoxy) is 2. The van der Waals surface area contributed by atoms with Gasteiger partial charge in [0.05, 0.1) is 30.8 Å². The van der Waals surface area contributed by atoms with Crippen molar-refractivity contribution >= 4 is 17.6 Å². The minimum atomic E-state index is -0.564. The molecule has 0 spiro atoms. The highest BCUT2D eigenvalue weighted by molar-refractivity contribution is 5.95. The number of esters is 1. The maximum absolute atomic E-state index is 12.0. The van der Waals surface area contributed by atoms with Gasteiger partial charge in [0, 0.05) is 5.69 Å². The van der Waals surface area contributed by atoms with Crippen molar-refractivity contribution in [1.82, 2.24) is 0 Å². The Morgan fingerprint density at radius 1 is 1.04 bits per heavy atom.